The largest absolute Gasteiger partial charge is 0.497 e. The number of carbonyl (C=O) groups excluding carboxylic acids is 2. The van der Waals surface area contributed by atoms with Crippen molar-refractivity contribution in [2.24, 2.45) is 0 Å². The Morgan fingerprint density at radius 2 is 1.85 bits per heavy atom. The molecule has 0 aliphatic carbocycles. The lowest BCUT2D eigenvalue weighted by Crippen LogP contribution is -2.37. The first-order valence-electron chi connectivity index (χ1n) is 8.89. The maximum absolute atomic E-state index is 12.8. The number of ether oxygens (including phenoxy) is 1. The number of carbonyl (C=O) groups is 2. The first-order chi connectivity index (χ1) is 13.2. The van der Waals surface area contributed by atoms with E-state index in [1.54, 1.807) is 12.0 Å². The second-order valence-electron chi connectivity index (χ2n) is 6.61. The molecule has 5 nitrogen and oxygen atoms in total. The van der Waals surface area contributed by atoms with E-state index in [1.807, 2.05) is 66.7 Å². The summed E-state index contributed by atoms with van der Waals surface area (Å²) in [5.41, 5.74) is 1.40. The number of benzene rings is 3. The molecule has 5 heteroatoms. The topological polar surface area (TPSA) is 58.6 Å². The van der Waals surface area contributed by atoms with Crippen molar-refractivity contribution in [3.05, 3.63) is 72.3 Å². The van der Waals surface area contributed by atoms with Gasteiger partial charge in [-0.25, -0.2) is 0 Å². The molecule has 2 amide bonds. The molecule has 27 heavy (non-hydrogen) atoms. The Bertz CT molecular complexity index is 1010. The molecule has 3 aromatic carbocycles. The van der Waals surface area contributed by atoms with E-state index in [1.165, 1.54) is 0 Å². The lowest BCUT2D eigenvalue weighted by atomic mass is 10.0. The van der Waals surface area contributed by atoms with E-state index in [0.717, 1.165) is 16.5 Å². The van der Waals surface area contributed by atoms with Gasteiger partial charge in [-0.15, -0.1) is 0 Å². The van der Waals surface area contributed by atoms with Crippen LogP contribution in [0.4, 0.5) is 5.69 Å². The van der Waals surface area contributed by atoms with Crippen LogP contribution in [0, 0.1) is 0 Å². The average molecular weight is 360 g/mol. The van der Waals surface area contributed by atoms with Gasteiger partial charge >= 0.3 is 0 Å². The number of rotatable bonds is 4. The van der Waals surface area contributed by atoms with Crippen molar-refractivity contribution in [1.82, 2.24) is 5.32 Å². The van der Waals surface area contributed by atoms with E-state index in [9.17, 15) is 9.59 Å². The Kier molecular flexibility index (Phi) is 4.50. The van der Waals surface area contributed by atoms with Gasteiger partial charge in [0.25, 0.3) is 5.91 Å². The summed E-state index contributed by atoms with van der Waals surface area (Å²) in [5, 5.41) is 4.94. The lowest BCUT2D eigenvalue weighted by Gasteiger charge is -2.18. The number of amides is 2. The number of methoxy groups -OCH3 is 1. The first-order valence-corrected chi connectivity index (χ1v) is 8.89. The van der Waals surface area contributed by atoms with Crippen LogP contribution < -0.4 is 15.0 Å². The van der Waals surface area contributed by atoms with Crippen molar-refractivity contribution in [3.63, 3.8) is 0 Å². The highest BCUT2D eigenvalue weighted by Crippen LogP contribution is 2.26. The maximum Gasteiger partial charge on any atom is 0.252 e. The Morgan fingerprint density at radius 1 is 1.07 bits per heavy atom. The fourth-order valence-corrected chi connectivity index (χ4v) is 3.52. The standard InChI is InChI=1S/C22H20N2O3/c1-27-18-9-5-8-17(13-18)24-14-16(12-21(24)25)23-22(26)20-11-4-7-15-6-2-3-10-19(15)20/h2-11,13,16H,12,14H2,1H3,(H,23,26)/t16-/m0/s1. The van der Waals surface area contributed by atoms with Gasteiger partial charge in [-0.1, -0.05) is 42.5 Å². The SMILES string of the molecule is COc1cccc(N2C[C@@H](NC(=O)c3cccc4ccccc34)CC2=O)c1. The number of nitrogens with zero attached hydrogens (tertiary/aromatic N) is 1. The molecule has 0 aromatic heterocycles. The average Bonchev–Trinajstić information content (AvgIpc) is 3.07. The third-order valence-electron chi connectivity index (χ3n) is 4.86. The van der Waals surface area contributed by atoms with Crippen molar-refractivity contribution in [2.75, 3.05) is 18.6 Å². The monoisotopic (exact) mass is 360 g/mol. The van der Waals surface area contributed by atoms with Gasteiger partial charge in [0.15, 0.2) is 0 Å². The third kappa shape index (κ3) is 3.36. The van der Waals surface area contributed by atoms with Crippen molar-refractivity contribution in [3.8, 4) is 5.75 Å². The molecule has 0 saturated carbocycles. The van der Waals surface area contributed by atoms with Gasteiger partial charge in [0.2, 0.25) is 5.91 Å². The van der Waals surface area contributed by atoms with Gasteiger partial charge in [0.1, 0.15) is 5.75 Å². The van der Waals surface area contributed by atoms with Crippen molar-refractivity contribution < 1.29 is 14.3 Å². The zero-order chi connectivity index (χ0) is 18.8. The molecule has 1 N–H and O–H groups in total. The van der Waals surface area contributed by atoms with Gasteiger partial charge < -0.3 is 15.0 Å². The van der Waals surface area contributed by atoms with Crippen molar-refractivity contribution >= 4 is 28.3 Å². The highest BCUT2D eigenvalue weighted by molar-refractivity contribution is 6.07. The minimum absolute atomic E-state index is 0.00790. The van der Waals surface area contributed by atoms with Crippen LogP contribution in [0.5, 0.6) is 5.75 Å². The number of hydrogen-bond donors (Lipinski definition) is 1. The third-order valence-corrected chi connectivity index (χ3v) is 4.86. The summed E-state index contributed by atoms with van der Waals surface area (Å²) in [7, 11) is 1.60. The normalized spacial score (nSPS) is 16.6. The van der Waals surface area contributed by atoms with Crippen LogP contribution in [0.3, 0.4) is 0 Å². The lowest BCUT2D eigenvalue weighted by molar-refractivity contribution is -0.117. The molecule has 4 rings (SSSR count). The molecule has 1 heterocycles. The number of nitrogens with one attached hydrogen (secondary N) is 1. The summed E-state index contributed by atoms with van der Waals surface area (Å²) in [6.07, 6.45) is 0.285. The van der Waals surface area contributed by atoms with Crippen LogP contribution in [0.25, 0.3) is 10.8 Å². The minimum Gasteiger partial charge on any atom is -0.497 e. The van der Waals surface area contributed by atoms with Crippen LogP contribution in [-0.2, 0) is 4.79 Å². The van der Waals surface area contributed by atoms with Crippen LogP contribution in [0.1, 0.15) is 16.8 Å². The molecule has 1 aliphatic heterocycles. The molecular formula is C22H20N2O3. The van der Waals surface area contributed by atoms with E-state index >= 15 is 0 Å². The molecule has 1 atom stereocenters. The van der Waals surface area contributed by atoms with Crippen LogP contribution >= 0.6 is 0 Å². The number of fused-ring (bicyclic) bond motifs is 1. The molecule has 136 valence electrons. The molecule has 1 fully saturated rings. The van der Waals surface area contributed by atoms with Crippen LogP contribution in [-0.4, -0.2) is 31.5 Å². The summed E-state index contributed by atoms with van der Waals surface area (Å²) >= 11 is 0. The van der Waals surface area contributed by atoms with E-state index < -0.39 is 0 Å². The second kappa shape index (κ2) is 7.11. The fourth-order valence-electron chi connectivity index (χ4n) is 3.52. The number of hydrogen-bond acceptors (Lipinski definition) is 3. The predicted octanol–water partition coefficient (Wildman–Crippen LogP) is 3.38. The van der Waals surface area contributed by atoms with Crippen LogP contribution in [0.2, 0.25) is 0 Å². The quantitative estimate of drug-likeness (QED) is 0.776. The van der Waals surface area contributed by atoms with Gasteiger partial charge in [0.05, 0.1) is 13.2 Å². The van der Waals surface area contributed by atoms with Crippen molar-refractivity contribution in [2.45, 2.75) is 12.5 Å². The molecule has 0 unspecified atom stereocenters. The molecule has 3 aromatic rings. The molecule has 0 spiro atoms. The zero-order valence-electron chi connectivity index (χ0n) is 15.0. The van der Waals surface area contributed by atoms with E-state index in [2.05, 4.69) is 5.32 Å². The summed E-state index contributed by atoms with van der Waals surface area (Å²) in [6, 6.07) is 20.6. The Balaban J connectivity index is 1.52. The van der Waals surface area contributed by atoms with Gasteiger partial charge in [-0.2, -0.15) is 0 Å². The molecular weight excluding hydrogens is 340 g/mol. The van der Waals surface area contributed by atoms with E-state index in [0.29, 0.717) is 17.9 Å². The van der Waals surface area contributed by atoms with Crippen molar-refractivity contribution in [1.29, 1.82) is 0 Å². The number of anilines is 1. The minimum atomic E-state index is -0.227. The van der Waals surface area contributed by atoms with Gasteiger partial charge in [-0.05, 0) is 29.0 Å². The Hall–Kier alpha value is -3.34. The van der Waals surface area contributed by atoms with E-state index in [4.69, 9.17) is 4.74 Å². The smallest absolute Gasteiger partial charge is 0.252 e. The Labute approximate surface area is 157 Å². The summed E-state index contributed by atoms with van der Waals surface area (Å²) in [6.45, 7) is 0.447. The molecule has 0 radical (unpaired) electrons. The molecule has 1 saturated heterocycles. The maximum atomic E-state index is 12.8. The highest BCUT2D eigenvalue weighted by Gasteiger charge is 2.32. The summed E-state index contributed by atoms with van der Waals surface area (Å²) in [4.78, 5) is 26.9. The van der Waals surface area contributed by atoms with Crippen LogP contribution in [0.15, 0.2) is 66.7 Å². The summed E-state index contributed by atoms with van der Waals surface area (Å²) in [5.74, 6) is 0.534. The fraction of sp³-hybridized carbons (Fsp3) is 0.182. The zero-order valence-corrected chi connectivity index (χ0v) is 15.0. The first kappa shape index (κ1) is 17.1. The molecule has 1 aliphatic rings. The second-order valence-corrected chi connectivity index (χ2v) is 6.61. The molecule has 0 bridgehead atoms. The highest BCUT2D eigenvalue weighted by atomic mass is 16.5. The van der Waals surface area contributed by atoms with Gasteiger partial charge in [0, 0.05) is 30.3 Å². The predicted molar refractivity (Wildman–Crippen MR) is 105 cm³/mol. The van der Waals surface area contributed by atoms with Gasteiger partial charge in [-0.3, -0.25) is 9.59 Å². The van der Waals surface area contributed by atoms with E-state index in [-0.39, 0.29) is 24.3 Å². The Morgan fingerprint density at radius 3 is 2.70 bits per heavy atom. The summed E-state index contributed by atoms with van der Waals surface area (Å²) < 4.78 is 5.23.